The summed E-state index contributed by atoms with van der Waals surface area (Å²) < 4.78 is 7.39. The Labute approximate surface area is 205 Å². The van der Waals surface area contributed by atoms with Crippen LogP contribution in [0.15, 0.2) is 47.6 Å². The predicted molar refractivity (Wildman–Crippen MR) is 128 cm³/mol. The van der Waals surface area contributed by atoms with Gasteiger partial charge in [-0.3, -0.25) is 14.3 Å². The van der Waals surface area contributed by atoms with Crippen LogP contribution in [0.2, 0.25) is 15.1 Å². The molecule has 0 saturated carbocycles. The Morgan fingerprint density at radius 2 is 1.75 bits per heavy atom. The van der Waals surface area contributed by atoms with E-state index in [1.807, 2.05) is 28.8 Å². The Bertz CT molecular complexity index is 1090. The minimum atomic E-state index is -0.223. The summed E-state index contributed by atoms with van der Waals surface area (Å²) in [6.07, 6.45) is 0. The molecule has 11 heteroatoms. The largest absolute Gasteiger partial charge is 0.379 e. The Kier molecular flexibility index (Phi) is 7.93. The lowest BCUT2D eigenvalue weighted by Gasteiger charge is -2.26. The molecule has 2 heterocycles. The second-order valence-corrected chi connectivity index (χ2v) is 9.28. The molecule has 0 unspecified atom stereocenters. The number of nitrogens with zero attached hydrogens (tertiary/aromatic N) is 4. The Morgan fingerprint density at radius 1 is 1.03 bits per heavy atom. The number of hydrogen-bond acceptors (Lipinski definition) is 6. The average Bonchev–Trinajstić information content (AvgIpc) is 3.18. The van der Waals surface area contributed by atoms with Crippen LogP contribution in [0.25, 0.3) is 5.69 Å². The number of morpholine rings is 1. The number of nitrogens with one attached hydrogen (secondary N) is 1. The van der Waals surface area contributed by atoms with Gasteiger partial charge in [-0.05, 0) is 42.5 Å². The van der Waals surface area contributed by atoms with Crippen molar-refractivity contribution in [3.8, 4) is 5.69 Å². The molecule has 1 N–H and O–H groups in total. The molecule has 7 nitrogen and oxygen atoms in total. The molecule has 0 bridgehead atoms. The molecule has 1 fully saturated rings. The van der Waals surface area contributed by atoms with E-state index >= 15 is 0 Å². The minimum Gasteiger partial charge on any atom is -0.379 e. The van der Waals surface area contributed by atoms with Crippen molar-refractivity contribution in [3.05, 3.63) is 63.4 Å². The minimum absolute atomic E-state index is 0.131. The van der Waals surface area contributed by atoms with E-state index in [1.165, 1.54) is 11.8 Å². The van der Waals surface area contributed by atoms with Gasteiger partial charge < -0.3 is 10.1 Å². The number of carbonyl (C=O) groups excluding carboxylic acids is 1. The third kappa shape index (κ3) is 5.95. The highest BCUT2D eigenvalue weighted by molar-refractivity contribution is 7.99. The Hall–Kier alpha value is -1.81. The third-order valence-corrected chi connectivity index (χ3v) is 6.53. The Morgan fingerprint density at radius 3 is 2.50 bits per heavy atom. The molecular weight excluding hydrogens is 493 g/mol. The van der Waals surface area contributed by atoms with Crippen LogP contribution in [0.4, 0.5) is 5.69 Å². The number of benzene rings is 2. The second kappa shape index (κ2) is 10.9. The van der Waals surface area contributed by atoms with Crippen LogP contribution in [-0.2, 0) is 16.1 Å². The number of ether oxygens (including phenoxy) is 1. The van der Waals surface area contributed by atoms with Crippen LogP contribution in [-0.4, -0.2) is 57.6 Å². The molecule has 1 aromatic heterocycles. The van der Waals surface area contributed by atoms with Gasteiger partial charge in [0.15, 0.2) is 11.0 Å². The molecular formula is C21H20Cl3N5O2S. The number of rotatable bonds is 7. The van der Waals surface area contributed by atoms with Crippen LogP contribution < -0.4 is 5.32 Å². The number of halogens is 3. The average molecular weight is 513 g/mol. The summed E-state index contributed by atoms with van der Waals surface area (Å²) in [5.74, 6) is 0.695. The normalized spacial score (nSPS) is 14.5. The SMILES string of the molecule is O=C(CSc1nnc(CN2CCOCC2)n1-c1ccc(Cl)cc1)Nc1cc(Cl)ccc1Cl. The van der Waals surface area contributed by atoms with Crippen LogP contribution in [0, 0.1) is 0 Å². The number of thioether (sulfide) groups is 1. The van der Waals surface area contributed by atoms with Gasteiger partial charge >= 0.3 is 0 Å². The van der Waals surface area contributed by atoms with E-state index in [1.54, 1.807) is 18.2 Å². The van der Waals surface area contributed by atoms with E-state index in [-0.39, 0.29) is 11.7 Å². The van der Waals surface area contributed by atoms with Gasteiger partial charge in [0.1, 0.15) is 0 Å². The van der Waals surface area contributed by atoms with Crippen LogP contribution in [0.3, 0.4) is 0 Å². The molecule has 2 aromatic carbocycles. The van der Waals surface area contributed by atoms with Crippen molar-refractivity contribution < 1.29 is 9.53 Å². The molecule has 3 aromatic rings. The number of anilines is 1. The maximum Gasteiger partial charge on any atom is 0.234 e. The number of aromatic nitrogens is 3. The van der Waals surface area contributed by atoms with E-state index in [9.17, 15) is 4.79 Å². The van der Waals surface area contributed by atoms with Crippen LogP contribution >= 0.6 is 46.6 Å². The first-order valence-corrected chi connectivity index (χ1v) is 12.0. The lowest BCUT2D eigenvalue weighted by molar-refractivity contribution is -0.113. The van der Waals surface area contributed by atoms with Crippen molar-refractivity contribution in [1.29, 1.82) is 0 Å². The van der Waals surface area contributed by atoms with Crippen molar-refractivity contribution in [2.45, 2.75) is 11.7 Å². The molecule has 1 aliphatic heterocycles. The quantitative estimate of drug-likeness (QED) is 0.459. The maximum absolute atomic E-state index is 12.5. The fourth-order valence-electron chi connectivity index (χ4n) is 3.21. The van der Waals surface area contributed by atoms with Crippen molar-refractivity contribution >= 4 is 58.2 Å². The summed E-state index contributed by atoms with van der Waals surface area (Å²) in [7, 11) is 0. The van der Waals surface area contributed by atoms with Crippen LogP contribution in [0.1, 0.15) is 5.82 Å². The summed E-state index contributed by atoms with van der Waals surface area (Å²) in [5, 5.41) is 13.7. The number of amides is 1. The van der Waals surface area contributed by atoms with Crippen LogP contribution in [0.5, 0.6) is 0 Å². The molecule has 0 atom stereocenters. The lowest BCUT2D eigenvalue weighted by Crippen LogP contribution is -2.36. The van der Waals surface area contributed by atoms with E-state index in [2.05, 4.69) is 20.4 Å². The molecule has 0 aliphatic carbocycles. The smallest absolute Gasteiger partial charge is 0.234 e. The summed E-state index contributed by atoms with van der Waals surface area (Å²) in [6.45, 7) is 3.69. The summed E-state index contributed by atoms with van der Waals surface area (Å²) in [6, 6.07) is 12.4. The third-order valence-electron chi connectivity index (χ3n) is 4.79. The summed E-state index contributed by atoms with van der Waals surface area (Å²) in [5.41, 5.74) is 1.35. The van der Waals surface area contributed by atoms with Crippen molar-refractivity contribution in [3.63, 3.8) is 0 Å². The van der Waals surface area contributed by atoms with Gasteiger partial charge in [-0.25, -0.2) is 0 Å². The number of carbonyl (C=O) groups is 1. The topological polar surface area (TPSA) is 72.3 Å². The highest BCUT2D eigenvalue weighted by Gasteiger charge is 2.20. The van der Waals surface area contributed by atoms with Gasteiger partial charge in [0.05, 0.1) is 36.2 Å². The summed E-state index contributed by atoms with van der Waals surface area (Å²) in [4.78, 5) is 14.8. The van der Waals surface area contributed by atoms with E-state index in [0.29, 0.717) is 45.7 Å². The zero-order valence-corrected chi connectivity index (χ0v) is 20.0. The molecule has 0 radical (unpaired) electrons. The number of hydrogen-bond donors (Lipinski definition) is 1. The highest BCUT2D eigenvalue weighted by atomic mass is 35.5. The zero-order chi connectivity index (χ0) is 22.5. The first-order chi connectivity index (χ1) is 15.5. The molecule has 0 spiro atoms. The molecule has 1 aliphatic rings. The van der Waals surface area contributed by atoms with Gasteiger partial charge in [-0.15, -0.1) is 10.2 Å². The van der Waals surface area contributed by atoms with Crippen molar-refractivity contribution in [2.75, 3.05) is 37.4 Å². The highest BCUT2D eigenvalue weighted by Crippen LogP contribution is 2.27. The lowest BCUT2D eigenvalue weighted by atomic mass is 10.3. The fourth-order valence-corrected chi connectivity index (χ4v) is 4.45. The Balaban J connectivity index is 1.51. The standard InChI is InChI=1S/C21H20Cl3N5O2S/c22-14-1-4-16(5-2-14)29-19(12-28-7-9-31-10-8-28)26-27-21(29)32-13-20(30)25-18-11-15(23)3-6-17(18)24/h1-6,11H,7-10,12-13H2,(H,25,30). The van der Waals surface area contributed by atoms with E-state index < -0.39 is 0 Å². The van der Waals surface area contributed by atoms with Gasteiger partial charge in [-0.1, -0.05) is 46.6 Å². The van der Waals surface area contributed by atoms with Gasteiger partial charge in [0.2, 0.25) is 5.91 Å². The van der Waals surface area contributed by atoms with Gasteiger partial charge in [0.25, 0.3) is 0 Å². The maximum atomic E-state index is 12.5. The van der Waals surface area contributed by atoms with Gasteiger partial charge in [-0.2, -0.15) is 0 Å². The van der Waals surface area contributed by atoms with Crippen molar-refractivity contribution in [1.82, 2.24) is 19.7 Å². The molecule has 4 rings (SSSR count). The summed E-state index contributed by atoms with van der Waals surface area (Å²) >= 11 is 19.5. The molecule has 1 saturated heterocycles. The zero-order valence-electron chi connectivity index (χ0n) is 16.9. The monoisotopic (exact) mass is 511 g/mol. The molecule has 1 amide bonds. The van der Waals surface area contributed by atoms with Gasteiger partial charge in [0, 0.05) is 28.8 Å². The predicted octanol–water partition coefficient (Wildman–Crippen LogP) is 4.79. The first-order valence-electron chi connectivity index (χ1n) is 9.87. The second-order valence-electron chi connectivity index (χ2n) is 7.06. The molecule has 32 heavy (non-hydrogen) atoms. The van der Waals surface area contributed by atoms with E-state index in [4.69, 9.17) is 39.5 Å². The van der Waals surface area contributed by atoms with Crippen molar-refractivity contribution in [2.24, 2.45) is 0 Å². The fraction of sp³-hybridized carbons (Fsp3) is 0.286. The molecule has 168 valence electrons. The van der Waals surface area contributed by atoms with E-state index in [0.717, 1.165) is 24.6 Å². The first kappa shape index (κ1) is 23.4.